The number of nitrogens with one attached hydrogen (secondary N) is 1. The zero-order valence-electron chi connectivity index (χ0n) is 11.8. The molecule has 0 amide bonds. The van der Waals surface area contributed by atoms with Gasteiger partial charge in [0.15, 0.2) is 0 Å². The summed E-state index contributed by atoms with van der Waals surface area (Å²) in [6.07, 6.45) is 6.22. The maximum atomic E-state index is 8.42. The first-order valence-corrected chi connectivity index (χ1v) is 7.54. The fourth-order valence-corrected chi connectivity index (χ4v) is 3.06. The van der Waals surface area contributed by atoms with Crippen molar-refractivity contribution in [3.05, 3.63) is 34.9 Å². The smallest absolute Gasteiger partial charge is 0.0991 e. The SMILES string of the molecule is CC(c1cccc(Cl)c1)N(C)C(=N)C1CCCCC1. The van der Waals surface area contributed by atoms with E-state index in [-0.39, 0.29) is 6.04 Å². The standard InChI is InChI=1S/C16H23ClN2/c1-12(14-9-6-10-15(17)11-14)19(2)16(18)13-7-4-3-5-8-13/h6,9-13,18H,3-5,7-8H2,1-2H3. The van der Waals surface area contributed by atoms with Crippen molar-refractivity contribution in [1.82, 2.24) is 4.90 Å². The molecule has 1 aromatic rings. The van der Waals surface area contributed by atoms with Gasteiger partial charge in [-0.25, -0.2) is 0 Å². The van der Waals surface area contributed by atoms with E-state index in [1.165, 1.54) is 37.7 Å². The molecule has 0 aliphatic heterocycles. The van der Waals surface area contributed by atoms with Crippen molar-refractivity contribution in [1.29, 1.82) is 5.41 Å². The van der Waals surface area contributed by atoms with Gasteiger partial charge in [-0.1, -0.05) is 43.0 Å². The highest BCUT2D eigenvalue weighted by Crippen LogP contribution is 2.29. The maximum Gasteiger partial charge on any atom is 0.0991 e. The van der Waals surface area contributed by atoms with Gasteiger partial charge in [-0.15, -0.1) is 0 Å². The third-order valence-corrected chi connectivity index (χ3v) is 4.52. The van der Waals surface area contributed by atoms with Gasteiger partial charge in [-0.05, 0) is 37.5 Å². The van der Waals surface area contributed by atoms with E-state index in [1.807, 2.05) is 25.2 Å². The Bertz CT molecular complexity index is 438. The van der Waals surface area contributed by atoms with E-state index in [4.69, 9.17) is 17.0 Å². The van der Waals surface area contributed by atoms with Crippen LogP contribution in [0, 0.1) is 11.3 Å². The quantitative estimate of drug-likeness (QED) is 0.618. The molecule has 2 nitrogen and oxygen atoms in total. The third kappa shape index (κ3) is 3.50. The molecule has 1 N–H and O–H groups in total. The lowest BCUT2D eigenvalue weighted by molar-refractivity contribution is 0.342. The molecule has 0 aromatic heterocycles. The summed E-state index contributed by atoms with van der Waals surface area (Å²) < 4.78 is 0. The molecular weight excluding hydrogens is 256 g/mol. The van der Waals surface area contributed by atoms with Crippen molar-refractivity contribution in [2.75, 3.05) is 7.05 Å². The molecule has 19 heavy (non-hydrogen) atoms. The average Bonchev–Trinajstić information content (AvgIpc) is 2.46. The lowest BCUT2D eigenvalue weighted by Crippen LogP contribution is -2.35. The Morgan fingerprint density at radius 1 is 1.32 bits per heavy atom. The van der Waals surface area contributed by atoms with Gasteiger partial charge in [0.25, 0.3) is 0 Å². The van der Waals surface area contributed by atoms with Crippen molar-refractivity contribution in [2.24, 2.45) is 5.92 Å². The summed E-state index contributed by atoms with van der Waals surface area (Å²) in [6, 6.07) is 8.15. The molecule has 1 unspecified atom stereocenters. The second kappa shape index (κ2) is 6.42. The zero-order valence-corrected chi connectivity index (χ0v) is 12.6. The van der Waals surface area contributed by atoms with Crippen LogP contribution in [0.2, 0.25) is 5.02 Å². The van der Waals surface area contributed by atoms with Crippen molar-refractivity contribution >= 4 is 17.4 Å². The Hall–Kier alpha value is -1.02. The third-order valence-electron chi connectivity index (χ3n) is 4.28. The van der Waals surface area contributed by atoms with Gasteiger partial charge in [-0.3, -0.25) is 5.41 Å². The Morgan fingerprint density at radius 2 is 2.00 bits per heavy atom. The highest BCUT2D eigenvalue weighted by Gasteiger charge is 2.23. The summed E-state index contributed by atoms with van der Waals surface area (Å²) in [6.45, 7) is 2.14. The van der Waals surface area contributed by atoms with Gasteiger partial charge < -0.3 is 4.90 Å². The van der Waals surface area contributed by atoms with Crippen LogP contribution in [0.4, 0.5) is 0 Å². The van der Waals surface area contributed by atoms with Gasteiger partial charge in [0.1, 0.15) is 0 Å². The molecule has 0 bridgehead atoms. The Balaban J connectivity index is 2.05. The predicted octanol–water partition coefficient (Wildman–Crippen LogP) is 4.89. The van der Waals surface area contributed by atoms with E-state index in [9.17, 15) is 0 Å². The second-order valence-corrected chi connectivity index (χ2v) is 6.00. The molecule has 0 radical (unpaired) electrons. The molecule has 0 saturated heterocycles. The molecule has 1 saturated carbocycles. The van der Waals surface area contributed by atoms with Gasteiger partial charge in [0.2, 0.25) is 0 Å². The van der Waals surface area contributed by atoms with Crippen molar-refractivity contribution < 1.29 is 0 Å². The van der Waals surface area contributed by atoms with E-state index in [0.717, 1.165) is 10.9 Å². The first-order chi connectivity index (χ1) is 9.09. The number of halogens is 1. The number of rotatable bonds is 3. The van der Waals surface area contributed by atoms with Gasteiger partial charge in [0.05, 0.1) is 11.9 Å². The predicted molar refractivity (Wildman–Crippen MR) is 81.9 cm³/mol. The highest BCUT2D eigenvalue weighted by molar-refractivity contribution is 6.30. The summed E-state index contributed by atoms with van der Waals surface area (Å²) in [5, 5.41) is 9.18. The van der Waals surface area contributed by atoms with Gasteiger partial charge >= 0.3 is 0 Å². The Kier molecular flexibility index (Phi) is 4.87. The minimum absolute atomic E-state index is 0.202. The van der Waals surface area contributed by atoms with Crippen LogP contribution in [-0.2, 0) is 0 Å². The number of amidine groups is 1. The highest BCUT2D eigenvalue weighted by atomic mass is 35.5. The van der Waals surface area contributed by atoms with Crippen LogP contribution in [0.5, 0.6) is 0 Å². The normalized spacial score (nSPS) is 18.1. The first kappa shape index (κ1) is 14.4. The van der Waals surface area contributed by atoms with Crippen LogP contribution >= 0.6 is 11.6 Å². The fourth-order valence-electron chi connectivity index (χ4n) is 2.86. The van der Waals surface area contributed by atoms with Crippen LogP contribution in [0.25, 0.3) is 0 Å². The Morgan fingerprint density at radius 3 is 2.63 bits per heavy atom. The van der Waals surface area contributed by atoms with Crippen LogP contribution in [0.3, 0.4) is 0 Å². The largest absolute Gasteiger partial charge is 0.357 e. The summed E-state index contributed by atoms with van der Waals surface area (Å²) in [5.41, 5.74) is 1.18. The lowest BCUT2D eigenvalue weighted by Gasteiger charge is -2.33. The molecule has 1 atom stereocenters. The van der Waals surface area contributed by atoms with Gasteiger partial charge in [-0.2, -0.15) is 0 Å². The molecule has 1 aliphatic carbocycles. The van der Waals surface area contributed by atoms with Crippen molar-refractivity contribution in [2.45, 2.75) is 45.1 Å². The molecule has 0 spiro atoms. The van der Waals surface area contributed by atoms with E-state index < -0.39 is 0 Å². The van der Waals surface area contributed by atoms with E-state index in [0.29, 0.717) is 5.92 Å². The summed E-state index contributed by atoms with van der Waals surface area (Å²) in [7, 11) is 2.03. The topological polar surface area (TPSA) is 27.1 Å². The van der Waals surface area contributed by atoms with Gasteiger partial charge in [0, 0.05) is 18.0 Å². The second-order valence-electron chi connectivity index (χ2n) is 5.56. The number of hydrogen-bond donors (Lipinski definition) is 1. The molecule has 1 aliphatic rings. The molecule has 3 heteroatoms. The summed E-state index contributed by atoms with van der Waals surface area (Å²) >= 11 is 6.05. The minimum Gasteiger partial charge on any atom is -0.357 e. The molecular formula is C16H23ClN2. The van der Waals surface area contributed by atoms with Crippen LogP contribution in [0.15, 0.2) is 24.3 Å². The molecule has 1 aromatic carbocycles. The van der Waals surface area contributed by atoms with Crippen LogP contribution in [0.1, 0.15) is 50.6 Å². The van der Waals surface area contributed by atoms with Crippen LogP contribution in [-0.4, -0.2) is 17.8 Å². The average molecular weight is 279 g/mol. The Labute approximate surface area is 121 Å². The number of hydrogen-bond acceptors (Lipinski definition) is 1. The zero-order chi connectivity index (χ0) is 13.8. The van der Waals surface area contributed by atoms with E-state index >= 15 is 0 Å². The number of benzene rings is 1. The first-order valence-electron chi connectivity index (χ1n) is 7.16. The molecule has 2 rings (SSSR count). The summed E-state index contributed by atoms with van der Waals surface area (Å²) in [5.74, 6) is 1.23. The van der Waals surface area contributed by atoms with Crippen molar-refractivity contribution in [3.8, 4) is 0 Å². The summed E-state index contributed by atoms with van der Waals surface area (Å²) in [4.78, 5) is 2.10. The fraction of sp³-hybridized carbons (Fsp3) is 0.562. The monoisotopic (exact) mass is 278 g/mol. The van der Waals surface area contributed by atoms with E-state index in [1.54, 1.807) is 0 Å². The lowest BCUT2D eigenvalue weighted by atomic mass is 9.87. The molecule has 104 valence electrons. The van der Waals surface area contributed by atoms with Crippen LogP contribution < -0.4 is 0 Å². The van der Waals surface area contributed by atoms with Crippen molar-refractivity contribution in [3.63, 3.8) is 0 Å². The molecule has 1 fully saturated rings. The van der Waals surface area contributed by atoms with E-state index in [2.05, 4.69) is 17.9 Å². The number of nitrogens with zero attached hydrogens (tertiary/aromatic N) is 1. The maximum absolute atomic E-state index is 8.42. The molecule has 0 heterocycles. The minimum atomic E-state index is 0.202.